The Morgan fingerprint density at radius 3 is 2.39 bits per heavy atom. The van der Waals surface area contributed by atoms with Crippen molar-refractivity contribution in [1.82, 2.24) is 9.55 Å². The number of ether oxygens (including phenoxy) is 1. The van der Waals surface area contributed by atoms with E-state index in [1.165, 1.54) is 11.1 Å². The van der Waals surface area contributed by atoms with Crippen LogP contribution in [0, 0.1) is 32.1 Å². The molecule has 0 bridgehead atoms. The molecule has 3 aromatic carbocycles. The van der Waals surface area contributed by atoms with Crippen molar-refractivity contribution in [1.29, 1.82) is 5.26 Å². The predicted octanol–water partition coefficient (Wildman–Crippen LogP) is 6.61. The van der Waals surface area contributed by atoms with Crippen molar-refractivity contribution >= 4 is 12.4 Å². The summed E-state index contributed by atoms with van der Waals surface area (Å²) in [5, 5.41) is 9.73. The Labute approximate surface area is 201 Å². The summed E-state index contributed by atoms with van der Waals surface area (Å²) in [7, 11) is 1.97. The number of benzene rings is 3. The average Bonchev–Trinajstić information content (AvgIpc) is 3.22. The topological polar surface area (TPSA) is 50.8 Å². The van der Waals surface area contributed by atoms with Crippen LogP contribution in [-0.2, 0) is 18.4 Å². The molecule has 4 nitrogen and oxygen atoms in total. The number of hydrogen-bond donors (Lipinski definition) is 0. The molecule has 5 heteroatoms. The highest BCUT2D eigenvalue weighted by Crippen LogP contribution is 2.33. The van der Waals surface area contributed by atoms with Crippen LogP contribution in [0.15, 0.2) is 73.2 Å². The summed E-state index contributed by atoms with van der Waals surface area (Å²) in [5.41, 5.74) is 9.39. The molecule has 0 aliphatic carbocycles. The van der Waals surface area contributed by atoms with Gasteiger partial charge in [0.25, 0.3) is 0 Å². The van der Waals surface area contributed by atoms with Gasteiger partial charge in [-0.3, -0.25) is 0 Å². The molecule has 168 valence electrons. The van der Waals surface area contributed by atoms with Crippen molar-refractivity contribution < 1.29 is 4.74 Å². The molecule has 0 aliphatic rings. The lowest BCUT2D eigenvalue weighted by molar-refractivity contribution is 0.0622. The lowest BCUT2D eigenvalue weighted by atomic mass is 9.93. The van der Waals surface area contributed by atoms with Crippen molar-refractivity contribution in [2.24, 2.45) is 7.05 Å². The van der Waals surface area contributed by atoms with Gasteiger partial charge in [0, 0.05) is 12.6 Å². The van der Waals surface area contributed by atoms with Crippen molar-refractivity contribution in [2.75, 3.05) is 0 Å². The van der Waals surface area contributed by atoms with Gasteiger partial charge in [-0.05, 0) is 66.3 Å². The first kappa shape index (κ1) is 24.3. The minimum Gasteiger partial charge on any atom is -0.363 e. The molecule has 0 fully saturated rings. The molecule has 0 radical (unpaired) electrons. The van der Waals surface area contributed by atoms with Crippen LogP contribution in [0.25, 0.3) is 11.1 Å². The Hall–Kier alpha value is -3.39. The Balaban J connectivity index is 0.00000306. The summed E-state index contributed by atoms with van der Waals surface area (Å²) in [5.74, 6) is 0. The molecule has 33 heavy (non-hydrogen) atoms. The van der Waals surface area contributed by atoms with E-state index in [2.05, 4.69) is 68.2 Å². The summed E-state index contributed by atoms with van der Waals surface area (Å²) < 4.78 is 8.47. The fraction of sp³-hybridized carbons (Fsp3) is 0.214. The minimum absolute atomic E-state index is 0. The standard InChI is InChI=1S/C28H27N3O.ClH/c1-19-9-10-22(13-21(19)3)17-32-28(27-16-30-18-31(27)4)23-11-12-24(15-29)26(14-23)25-8-6-5-7-20(25)2;/h5-14,16,18,28H,17H2,1-4H3;1H. The molecule has 1 unspecified atom stereocenters. The zero-order valence-corrected chi connectivity index (χ0v) is 20.2. The molecule has 1 atom stereocenters. The van der Waals surface area contributed by atoms with Crippen LogP contribution in [0.3, 0.4) is 0 Å². The Morgan fingerprint density at radius 2 is 1.73 bits per heavy atom. The van der Waals surface area contributed by atoms with E-state index in [9.17, 15) is 5.26 Å². The zero-order chi connectivity index (χ0) is 22.7. The third kappa shape index (κ3) is 5.17. The van der Waals surface area contributed by atoms with Gasteiger partial charge in [0.2, 0.25) is 0 Å². The molecule has 4 aromatic rings. The van der Waals surface area contributed by atoms with Gasteiger partial charge >= 0.3 is 0 Å². The quantitative estimate of drug-likeness (QED) is 0.327. The maximum atomic E-state index is 9.73. The fourth-order valence-corrected chi connectivity index (χ4v) is 3.97. The predicted molar refractivity (Wildman–Crippen MR) is 134 cm³/mol. The maximum Gasteiger partial charge on any atom is 0.124 e. The Morgan fingerprint density at radius 1 is 0.939 bits per heavy atom. The molecule has 0 aliphatic heterocycles. The van der Waals surface area contributed by atoms with Crippen molar-refractivity contribution in [2.45, 2.75) is 33.5 Å². The molecule has 1 aromatic heterocycles. The number of hydrogen-bond acceptors (Lipinski definition) is 3. The third-order valence-corrected chi connectivity index (χ3v) is 6.01. The molecule has 0 saturated carbocycles. The van der Waals surface area contributed by atoms with Crippen LogP contribution >= 0.6 is 12.4 Å². The first-order chi connectivity index (χ1) is 15.5. The SMILES string of the molecule is Cc1ccc(COC(c2ccc(C#N)c(-c3ccccc3C)c2)c2cncn2C)cc1C.Cl. The number of halogens is 1. The Bertz CT molecular complexity index is 1300. The van der Waals surface area contributed by atoms with E-state index in [0.717, 1.165) is 33.5 Å². The van der Waals surface area contributed by atoms with Gasteiger partial charge in [0.15, 0.2) is 0 Å². The zero-order valence-electron chi connectivity index (χ0n) is 19.4. The molecule has 0 saturated heterocycles. The highest BCUT2D eigenvalue weighted by atomic mass is 35.5. The van der Waals surface area contributed by atoms with Gasteiger partial charge in [0.05, 0.1) is 36.5 Å². The minimum atomic E-state index is -0.306. The van der Waals surface area contributed by atoms with E-state index in [0.29, 0.717) is 12.2 Å². The van der Waals surface area contributed by atoms with E-state index in [-0.39, 0.29) is 18.5 Å². The van der Waals surface area contributed by atoms with E-state index in [1.807, 2.05) is 42.1 Å². The monoisotopic (exact) mass is 457 g/mol. The van der Waals surface area contributed by atoms with Gasteiger partial charge < -0.3 is 9.30 Å². The third-order valence-electron chi connectivity index (χ3n) is 6.01. The molecule has 0 N–H and O–H groups in total. The van der Waals surface area contributed by atoms with Crippen molar-refractivity contribution in [3.05, 3.63) is 112 Å². The van der Waals surface area contributed by atoms with Gasteiger partial charge in [-0.1, -0.05) is 48.5 Å². The lowest BCUT2D eigenvalue weighted by Crippen LogP contribution is -2.11. The second-order valence-electron chi connectivity index (χ2n) is 8.27. The van der Waals surface area contributed by atoms with E-state index in [4.69, 9.17) is 4.74 Å². The average molecular weight is 458 g/mol. The number of nitrogens with zero attached hydrogens (tertiary/aromatic N) is 3. The van der Waals surface area contributed by atoms with E-state index >= 15 is 0 Å². The second-order valence-corrected chi connectivity index (χ2v) is 8.27. The maximum absolute atomic E-state index is 9.73. The lowest BCUT2D eigenvalue weighted by Gasteiger charge is -2.21. The van der Waals surface area contributed by atoms with Gasteiger partial charge in [-0.2, -0.15) is 5.26 Å². The first-order valence-corrected chi connectivity index (χ1v) is 10.7. The number of aromatic nitrogens is 2. The normalized spacial score (nSPS) is 11.5. The van der Waals surface area contributed by atoms with Crippen molar-refractivity contribution in [3.63, 3.8) is 0 Å². The highest BCUT2D eigenvalue weighted by Gasteiger charge is 2.21. The number of aryl methyl sites for hydroxylation is 4. The molecular weight excluding hydrogens is 430 g/mol. The van der Waals surface area contributed by atoms with Gasteiger partial charge in [-0.15, -0.1) is 12.4 Å². The van der Waals surface area contributed by atoms with Crippen LogP contribution in [-0.4, -0.2) is 9.55 Å². The Kier molecular flexibility index (Phi) is 7.71. The van der Waals surface area contributed by atoms with Crippen LogP contribution in [0.2, 0.25) is 0 Å². The number of imidazole rings is 1. The molecule has 4 rings (SSSR count). The summed E-state index contributed by atoms with van der Waals surface area (Å²) in [6, 6.07) is 22.9. The highest BCUT2D eigenvalue weighted by molar-refractivity contribution is 5.85. The van der Waals surface area contributed by atoms with Gasteiger partial charge in [0.1, 0.15) is 6.10 Å². The summed E-state index contributed by atoms with van der Waals surface area (Å²) in [6.45, 7) is 6.78. The molecule has 1 heterocycles. The molecule has 0 spiro atoms. The van der Waals surface area contributed by atoms with Gasteiger partial charge in [-0.25, -0.2) is 4.98 Å². The van der Waals surface area contributed by atoms with E-state index in [1.54, 1.807) is 6.33 Å². The molecular formula is C28H28ClN3O. The van der Waals surface area contributed by atoms with Crippen LogP contribution in [0.1, 0.15) is 45.2 Å². The summed E-state index contributed by atoms with van der Waals surface area (Å²) in [4.78, 5) is 4.31. The first-order valence-electron chi connectivity index (χ1n) is 10.7. The smallest absolute Gasteiger partial charge is 0.124 e. The van der Waals surface area contributed by atoms with Crippen LogP contribution in [0.5, 0.6) is 0 Å². The fourth-order valence-electron chi connectivity index (χ4n) is 3.97. The number of rotatable bonds is 6. The van der Waals surface area contributed by atoms with Crippen LogP contribution < -0.4 is 0 Å². The largest absolute Gasteiger partial charge is 0.363 e. The summed E-state index contributed by atoms with van der Waals surface area (Å²) in [6.07, 6.45) is 3.32. The second kappa shape index (κ2) is 10.5. The molecule has 0 amide bonds. The van der Waals surface area contributed by atoms with Crippen molar-refractivity contribution in [3.8, 4) is 17.2 Å². The summed E-state index contributed by atoms with van der Waals surface area (Å²) >= 11 is 0. The van der Waals surface area contributed by atoms with E-state index < -0.39 is 0 Å². The number of nitriles is 1. The van der Waals surface area contributed by atoms with Crippen LogP contribution in [0.4, 0.5) is 0 Å².